The molecule has 2 spiro atoms. The van der Waals surface area contributed by atoms with E-state index in [1.807, 2.05) is 0 Å². The number of rotatable bonds is 2. The topological polar surface area (TPSA) is 32.3 Å². The van der Waals surface area contributed by atoms with Crippen LogP contribution in [-0.2, 0) is 4.74 Å². The number of hydrogen-bond donors (Lipinski definition) is 0. The van der Waals surface area contributed by atoms with Gasteiger partial charge in [0, 0.05) is 19.3 Å². The monoisotopic (exact) mass is 499 g/mol. The van der Waals surface area contributed by atoms with Gasteiger partial charge in [-0.3, -0.25) is 0 Å². The summed E-state index contributed by atoms with van der Waals surface area (Å²) < 4.78 is 21.2. The standard InChI is InChI=1S/C33H38FNO2/c1-31-14-12-26-19-25-8-9-28(35(36)17-13-27(34)21-35)20-32(25)15-16-33(26,37-32)30(31)11-10-29(31)24-7-6-22-4-2-3-5-23(22)18-24/h2-7,12,18-19,27-30H,8-11,13-17,20-21H2,1H3/t27-,28+,29+,30+,31+,32+,33+,35?/m0/s1. The molecule has 3 aliphatic heterocycles. The highest BCUT2D eigenvalue weighted by Crippen LogP contribution is 2.69. The molecule has 4 heteroatoms. The van der Waals surface area contributed by atoms with Crippen LogP contribution in [0.25, 0.3) is 10.8 Å². The molecule has 3 nitrogen and oxygen atoms in total. The maximum Gasteiger partial charge on any atom is 0.154 e. The van der Waals surface area contributed by atoms with Crippen LogP contribution in [0.1, 0.15) is 76.2 Å². The summed E-state index contributed by atoms with van der Waals surface area (Å²) in [6, 6.07) is 15.8. The van der Waals surface area contributed by atoms with E-state index in [2.05, 4.69) is 61.5 Å². The van der Waals surface area contributed by atoms with Gasteiger partial charge in [-0.25, -0.2) is 4.39 Å². The van der Waals surface area contributed by atoms with Crippen molar-refractivity contribution < 1.29 is 13.8 Å². The van der Waals surface area contributed by atoms with Gasteiger partial charge in [0.25, 0.3) is 0 Å². The van der Waals surface area contributed by atoms with Crippen LogP contribution in [0.5, 0.6) is 0 Å². The smallest absolute Gasteiger partial charge is 0.154 e. The molecule has 6 aliphatic rings. The first kappa shape index (κ1) is 22.9. The van der Waals surface area contributed by atoms with Crippen LogP contribution < -0.4 is 0 Å². The van der Waals surface area contributed by atoms with E-state index in [0.717, 1.165) is 38.5 Å². The summed E-state index contributed by atoms with van der Waals surface area (Å²) in [5.41, 5.74) is 3.96. The molecular weight excluding hydrogens is 461 g/mol. The van der Waals surface area contributed by atoms with Crippen molar-refractivity contribution in [2.24, 2.45) is 11.3 Å². The van der Waals surface area contributed by atoms with E-state index < -0.39 is 6.17 Å². The molecule has 2 aromatic rings. The molecule has 0 radical (unpaired) electrons. The lowest BCUT2D eigenvalue weighted by molar-refractivity contribution is -0.896. The van der Waals surface area contributed by atoms with Crippen LogP contribution in [0.2, 0.25) is 0 Å². The number of likely N-dealkylation sites (tertiary alicyclic amines) is 1. The maximum absolute atomic E-state index is 14.1. The second-order valence-electron chi connectivity index (χ2n) is 13.5. The molecule has 1 unspecified atom stereocenters. The number of fused-ring (bicyclic) bond motifs is 2. The lowest BCUT2D eigenvalue weighted by atomic mass is 9.58. The van der Waals surface area contributed by atoms with E-state index in [4.69, 9.17) is 4.74 Å². The largest absolute Gasteiger partial charge is 0.633 e. The first-order valence-corrected chi connectivity index (χ1v) is 14.7. The second-order valence-corrected chi connectivity index (χ2v) is 13.5. The normalized spacial score (nSPS) is 46.2. The fraction of sp³-hybridized carbons (Fsp3) is 0.576. The minimum absolute atomic E-state index is 0.0255. The molecule has 2 saturated heterocycles. The van der Waals surface area contributed by atoms with Crippen molar-refractivity contribution >= 4 is 10.8 Å². The number of alkyl halides is 1. The molecule has 0 N–H and O–H groups in total. The van der Waals surface area contributed by atoms with Crippen LogP contribution in [0.3, 0.4) is 0 Å². The zero-order chi connectivity index (χ0) is 25.0. The Morgan fingerprint density at radius 2 is 1.89 bits per heavy atom. The second kappa shape index (κ2) is 7.55. The van der Waals surface area contributed by atoms with Crippen molar-refractivity contribution in [1.29, 1.82) is 0 Å². The van der Waals surface area contributed by atoms with Crippen LogP contribution in [0.15, 0.2) is 65.8 Å². The summed E-state index contributed by atoms with van der Waals surface area (Å²) in [5.74, 6) is 1.02. The number of benzene rings is 2. The molecule has 8 atom stereocenters. The molecule has 2 aromatic carbocycles. The number of halogens is 1. The van der Waals surface area contributed by atoms with Crippen molar-refractivity contribution in [3.05, 3.63) is 76.5 Å². The highest BCUT2D eigenvalue weighted by molar-refractivity contribution is 5.83. The van der Waals surface area contributed by atoms with E-state index in [1.165, 1.54) is 40.3 Å². The quantitative estimate of drug-likeness (QED) is 0.316. The summed E-state index contributed by atoms with van der Waals surface area (Å²) in [7, 11) is 0. The third kappa shape index (κ3) is 3.04. The van der Waals surface area contributed by atoms with E-state index in [0.29, 0.717) is 24.8 Å². The molecule has 0 amide bonds. The number of hydroxylamine groups is 3. The van der Waals surface area contributed by atoms with Crippen LogP contribution in [0, 0.1) is 16.5 Å². The Hall–Kier alpha value is -2.01. The molecule has 4 fully saturated rings. The number of nitrogens with zero attached hydrogens (tertiary/aromatic N) is 1. The zero-order valence-electron chi connectivity index (χ0n) is 21.9. The van der Waals surface area contributed by atoms with Crippen molar-refractivity contribution in [1.82, 2.24) is 0 Å². The van der Waals surface area contributed by atoms with Gasteiger partial charge < -0.3 is 14.6 Å². The van der Waals surface area contributed by atoms with E-state index >= 15 is 0 Å². The van der Waals surface area contributed by atoms with Gasteiger partial charge in [-0.1, -0.05) is 61.5 Å². The van der Waals surface area contributed by atoms with Crippen molar-refractivity contribution in [2.75, 3.05) is 13.1 Å². The Kier molecular flexibility index (Phi) is 4.68. The van der Waals surface area contributed by atoms with Gasteiger partial charge in [0.05, 0.1) is 23.8 Å². The lowest BCUT2D eigenvalue weighted by Gasteiger charge is -2.56. The molecule has 3 aliphatic carbocycles. The van der Waals surface area contributed by atoms with E-state index in [-0.39, 0.29) is 33.9 Å². The molecule has 8 rings (SSSR count). The Balaban J connectivity index is 1.14. The predicted octanol–water partition coefficient (Wildman–Crippen LogP) is 7.51. The van der Waals surface area contributed by atoms with E-state index in [9.17, 15) is 9.60 Å². The van der Waals surface area contributed by atoms with Gasteiger partial charge in [0.2, 0.25) is 0 Å². The fourth-order valence-corrected chi connectivity index (χ4v) is 9.96. The summed E-state index contributed by atoms with van der Waals surface area (Å²) in [6.45, 7) is 3.10. The fourth-order valence-electron chi connectivity index (χ4n) is 9.96. The van der Waals surface area contributed by atoms with Gasteiger partial charge in [-0.15, -0.1) is 0 Å². The molecule has 3 heterocycles. The average molecular weight is 500 g/mol. The molecule has 2 bridgehead atoms. The molecule has 37 heavy (non-hydrogen) atoms. The summed E-state index contributed by atoms with van der Waals surface area (Å²) in [6.07, 6.45) is 12.6. The van der Waals surface area contributed by atoms with Gasteiger partial charge in [-0.2, -0.15) is 0 Å². The maximum atomic E-state index is 14.1. The number of ether oxygens (including phenoxy) is 1. The third-order valence-corrected chi connectivity index (χ3v) is 11.8. The number of allylic oxidation sites excluding steroid dienone is 1. The Morgan fingerprint density at radius 1 is 1.03 bits per heavy atom. The molecule has 194 valence electrons. The SMILES string of the molecule is C[C@]12CC=C3C=C4CC[C@@H]([N+]5([O-])CC[C@H](F)C5)C[C@]45CC[C@]3(O5)[C@@H]1CC[C@@H]2c1ccc2ccccc2c1. The Labute approximate surface area is 219 Å². The summed E-state index contributed by atoms with van der Waals surface area (Å²) in [5, 5.41) is 16.3. The minimum Gasteiger partial charge on any atom is -0.633 e. The van der Waals surface area contributed by atoms with E-state index in [1.54, 1.807) is 0 Å². The summed E-state index contributed by atoms with van der Waals surface area (Å²) in [4.78, 5) is 0. The minimum atomic E-state index is -0.937. The highest BCUT2D eigenvalue weighted by atomic mass is 19.1. The van der Waals surface area contributed by atoms with Crippen LogP contribution >= 0.6 is 0 Å². The Morgan fingerprint density at radius 3 is 2.73 bits per heavy atom. The Bertz CT molecular complexity index is 1350. The molecular formula is C33H38FNO2. The first-order chi connectivity index (χ1) is 17.8. The van der Waals surface area contributed by atoms with Gasteiger partial charge in [0.15, 0.2) is 6.17 Å². The highest BCUT2D eigenvalue weighted by Gasteiger charge is 2.67. The summed E-state index contributed by atoms with van der Waals surface area (Å²) >= 11 is 0. The first-order valence-electron chi connectivity index (χ1n) is 14.7. The predicted molar refractivity (Wildman–Crippen MR) is 145 cm³/mol. The zero-order valence-corrected chi connectivity index (χ0v) is 21.9. The van der Waals surface area contributed by atoms with Crippen LogP contribution in [0.4, 0.5) is 4.39 Å². The molecule has 0 aromatic heterocycles. The third-order valence-electron chi connectivity index (χ3n) is 11.8. The lowest BCUT2D eigenvalue weighted by Crippen LogP contribution is -2.58. The van der Waals surface area contributed by atoms with Gasteiger partial charge >= 0.3 is 0 Å². The number of quaternary nitrogens is 1. The van der Waals surface area contributed by atoms with Crippen molar-refractivity contribution in [3.8, 4) is 0 Å². The van der Waals surface area contributed by atoms with Crippen LogP contribution in [-0.4, -0.2) is 41.2 Å². The average Bonchev–Trinajstić information content (AvgIpc) is 3.55. The van der Waals surface area contributed by atoms with Crippen molar-refractivity contribution in [2.45, 2.75) is 94.0 Å². The van der Waals surface area contributed by atoms with Gasteiger partial charge in [0.1, 0.15) is 6.54 Å². The number of hydrogen-bond acceptors (Lipinski definition) is 2. The van der Waals surface area contributed by atoms with Crippen molar-refractivity contribution in [3.63, 3.8) is 0 Å². The van der Waals surface area contributed by atoms with Gasteiger partial charge in [-0.05, 0) is 83.3 Å². The molecule has 2 saturated carbocycles.